The number of carbonyl (C=O) groups is 1. The number of nitrogens with zero attached hydrogens (tertiary/aromatic N) is 3. The van der Waals surface area contributed by atoms with Gasteiger partial charge in [0.1, 0.15) is 0 Å². The number of sulfonamides is 1. The zero-order valence-corrected chi connectivity index (χ0v) is 16.4. The van der Waals surface area contributed by atoms with E-state index in [2.05, 4.69) is 20.2 Å². The van der Waals surface area contributed by atoms with Crippen LogP contribution in [0.15, 0.2) is 22.5 Å². The molecule has 2 rings (SSSR count). The highest BCUT2D eigenvalue weighted by Crippen LogP contribution is 2.24. The molecule has 0 aliphatic heterocycles. The topological polar surface area (TPSA) is 104 Å². The van der Waals surface area contributed by atoms with Gasteiger partial charge in [-0.25, -0.2) is 13.1 Å². The van der Waals surface area contributed by atoms with Crippen LogP contribution in [0.25, 0.3) is 0 Å². The molecule has 0 saturated heterocycles. The zero-order valence-electron chi connectivity index (χ0n) is 13.3. The van der Waals surface area contributed by atoms with Crippen LogP contribution in [0.4, 0.5) is 5.13 Å². The third-order valence-electron chi connectivity index (χ3n) is 2.88. The SMILES string of the molecule is CN(C)CCNS(=O)(=O)c1nnc(NC(=O)c2ccc(Cl)cc2Cl)s1. The molecule has 1 aromatic heterocycles. The van der Waals surface area contributed by atoms with Crippen LogP contribution in [0.3, 0.4) is 0 Å². The van der Waals surface area contributed by atoms with Crippen molar-refractivity contribution >= 4 is 55.6 Å². The van der Waals surface area contributed by atoms with Crippen molar-refractivity contribution in [2.24, 2.45) is 0 Å². The van der Waals surface area contributed by atoms with Crippen molar-refractivity contribution in [3.8, 4) is 0 Å². The van der Waals surface area contributed by atoms with Gasteiger partial charge in [-0.2, -0.15) is 0 Å². The first-order valence-electron chi connectivity index (χ1n) is 6.93. The van der Waals surface area contributed by atoms with E-state index < -0.39 is 15.9 Å². The zero-order chi connectivity index (χ0) is 18.6. The smallest absolute Gasteiger partial charge is 0.269 e. The van der Waals surface area contributed by atoms with Crippen molar-refractivity contribution in [1.29, 1.82) is 0 Å². The molecular weight excluding hydrogens is 409 g/mol. The Morgan fingerprint density at radius 3 is 2.64 bits per heavy atom. The normalized spacial score (nSPS) is 11.7. The highest BCUT2D eigenvalue weighted by molar-refractivity contribution is 7.91. The van der Waals surface area contributed by atoms with Crippen LogP contribution in [0.2, 0.25) is 10.0 Å². The van der Waals surface area contributed by atoms with Gasteiger partial charge in [-0.05, 0) is 32.3 Å². The summed E-state index contributed by atoms with van der Waals surface area (Å²) in [6.07, 6.45) is 0. The van der Waals surface area contributed by atoms with Gasteiger partial charge < -0.3 is 4.90 Å². The largest absolute Gasteiger partial charge is 0.308 e. The molecule has 2 N–H and O–H groups in total. The Balaban J connectivity index is 2.07. The first kappa shape index (κ1) is 20.0. The summed E-state index contributed by atoms with van der Waals surface area (Å²) >= 11 is 12.5. The van der Waals surface area contributed by atoms with E-state index in [1.807, 2.05) is 19.0 Å². The molecule has 1 heterocycles. The highest BCUT2D eigenvalue weighted by atomic mass is 35.5. The summed E-state index contributed by atoms with van der Waals surface area (Å²) in [6.45, 7) is 0.772. The van der Waals surface area contributed by atoms with Gasteiger partial charge in [-0.1, -0.05) is 34.5 Å². The maximum absolute atomic E-state index is 12.2. The van der Waals surface area contributed by atoms with Gasteiger partial charge in [0, 0.05) is 18.1 Å². The van der Waals surface area contributed by atoms with E-state index in [0.717, 1.165) is 11.3 Å². The molecule has 1 aromatic carbocycles. The predicted octanol–water partition coefficient (Wildman–Crippen LogP) is 1.94. The lowest BCUT2D eigenvalue weighted by Crippen LogP contribution is -2.31. The average molecular weight is 424 g/mol. The van der Waals surface area contributed by atoms with Crippen LogP contribution in [-0.2, 0) is 10.0 Å². The fourth-order valence-corrected chi connectivity index (χ4v) is 4.12. The number of hydrogen-bond acceptors (Lipinski definition) is 7. The van der Waals surface area contributed by atoms with Crippen LogP contribution in [0, 0.1) is 0 Å². The lowest BCUT2D eigenvalue weighted by atomic mass is 10.2. The van der Waals surface area contributed by atoms with E-state index in [-0.39, 0.29) is 26.6 Å². The predicted molar refractivity (Wildman–Crippen MR) is 98.1 cm³/mol. The van der Waals surface area contributed by atoms with Crippen molar-refractivity contribution in [3.63, 3.8) is 0 Å². The van der Waals surface area contributed by atoms with Gasteiger partial charge in [0.15, 0.2) is 0 Å². The van der Waals surface area contributed by atoms with Crippen LogP contribution >= 0.6 is 34.5 Å². The highest BCUT2D eigenvalue weighted by Gasteiger charge is 2.21. The Labute approximate surface area is 159 Å². The number of aromatic nitrogens is 2. The molecule has 136 valence electrons. The molecule has 0 radical (unpaired) electrons. The molecule has 0 unspecified atom stereocenters. The number of nitrogens with one attached hydrogen (secondary N) is 2. The van der Waals surface area contributed by atoms with E-state index in [4.69, 9.17) is 23.2 Å². The van der Waals surface area contributed by atoms with Crippen LogP contribution in [0.1, 0.15) is 10.4 Å². The van der Waals surface area contributed by atoms with Gasteiger partial charge in [0.2, 0.25) is 9.47 Å². The van der Waals surface area contributed by atoms with Gasteiger partial charge >= 0.3 is 0 Å². The minimum Gasteiger partial charge on any atom is -0.308 e. The van der Waals surface area contributed by atoms with Crippen molar-refractivity contribution in [2.45, 2.75) is 4.34 Å². The van der Waals surface area contributed by atoms with Crippen molar-refractivity contribution in [1.82, 2.24) is 19.8 Å². The number of anilines is 1. The van der Waals surface area contributed by atoms with E-state index in [1.165, 1.54) is 18.2 Å². The Kier molecular flexibility index (Phi) is 6.72. The minimum absolute atomic E-state index is 0.0454. The monoisotopic (exact) mass is 423 g/mol. The molecule has 0 spiro atoms. The average Bonchev–Trinajstić information content (AvgIpc) is 2.95. The van der Waals surface area contributed by atoms with Gasteiger partial charge in [0.05, 0.1) is 10.6 Å². The van der Waals surface area contributed by atoms with Crippen LogP contribution in [0.5, 0.6) is 0 Å². The molecule has 25 heavy (non-hydrogen) atoms. The second-order valence-electron chi connectivity index (χ2n) is 5.15. The quantitative estimate of drug-likeness (QED) is 0.659. The third kappa shape index (κ3) is 5.59. The van der Waals surface area contributed by atoms with E-state index in [0.29, 0.717) is 11.6 Å². The summed E-state index contributed by atoms with van der Waals surface area (Å²) < 4.78 is 26.4. The Morgan fingerprint density at radius 2 is 2.00 bits per heavy atom. The Bertz CT molecular complexity index is 870. The molecule has 0 aliphatic carbocycles. The lowest BCUT2D eigenvalue weighted by Gasteiger charge is -2.09. The number of amides is 1. The molecule has 0 saturated carbocycles. The van der Waals surface area contributed by atoms with Crippen molar-refractivity contribution < 1.29 is 13.2 Å². The molecule has 0 fully saturated rings. The van der Waals surface area contributed by atoms with Crippen molar-refractivity contribution in [3.05, 3.63) is 33.8 Å². The fraction of sp³-hybridized carbons (Fsp3) is 0.308. The number of rotatable bonds is 7. The van der Waals surface area contributed by atoms with Gasteiger partial charge in [-0.3, -0.25) is 10.1 Å². The molecule has 0 bridgehead atoms. The maximum Gasteiger partial charge on any atom is 0.269 e. The molecule has 2 aromatic rings. The summed E-state index contributed by atoms with van der Waals surface area (Å²) in [5.41, 5.74) is 0.190. The molecule has 8 nitrogen and oxygen atoms in total. The molecule has 12 heteroatoms. The van der Waals surface area contributed by atoms with E-state index >= 15 is 0 Å². The van der Waals surface area contributed by atoms with E-state index in [1.54, 1.807) is 0 Å². The van der Waals surface area contributed by atoms with Gasteiger partial charge in [-0.15, -0.1) is 10.2 Å². The summed E-state index contributed by atoms with van der Waals surface area (Å²) in [5, 5.41) is 10.4. The second-order valence-corrected chi connectivity index (χ2v) is 8.91. The fourth-order valence-electron chi connectivity index (χ4n) is 1.67. The van der Waals surface area contributed by atoms with Crippen molar-refractivity contribution in [2.75, 3.05) is 32.5 Å². The summed E-state index contributed by atoms with van der Waals surface area (Å²) in [7, 11) is -0.120. The van der Waals surface area contributed by atoms with Crippen LogP contribution in [-0.4, -0.2) is 56.6 Å². The number of halogens is 2. The summed E-state index contributed by atoms with van der Waals surface area (Å²) in [5.74, 6) is -0.540. The molecular formula is C13H15Cl2N5O3S2. The van der Waals surface area contributed by atoms with Gasteiger partial charge in [0.25, 0.3) is 15.9 Å². The second kappa shape index (κ2) is 8.39. The minimum atomic E-state index is -3.78. The molecule has 0 aliphatic rings. The molecule has 1 amide bonds. The first-order chi connectivity index (χ1) is 11.7. The standard InChI is InChI=1S/C13H15Cl2N5O3S2/c1-20(2)6-5-16-25(22,23)13-19-18-12(24-13)17-11(21)9-4-3-8(14)7-10(9)15/h3-4,7,16H,5-6H2,1-2H3,(H,17,18,21). The number of carbonyl (C=O) groups excluding carboxylic acids is 1. The number of benzene rings is 1. The first-order valence-corrected chi connectivity index (χ1v) is 9.99. The Hall–Kier alpha value is -1.30. The number of likely N-dealkylation sites (N-methyl/N-ethyl adjacent to an activating group) is 1. The lowest BCUT2D eigenvalue weighted by molar-refractivity contribution is 0.102. The maximum atomic E-state index is 12.2. The summed E-state index contributed by atoms with van der Waals surface area (Å²) in [6, 6.07) is 4.41. The molecule has 0 atom stereocenters. The number of hydrogen-bond donors (Lipinski definition) is 2. The summed E-state index contributed by atoms with van der Waals surface area (Å²) in [4.78, 5) is 14.0. The van der Waals surface area contributed by atoms with Crippen LogP contribution < -0.4 is 10.0 Å². The Morgan fingerprint density at radius 1 is 1.28 bits per heavy atom. The third-order valence-corrected chi connectivity index (χ3v) is 6.10. The van der Waals surface area contributed by atoms with E-state index in [9.17, 15) is 13.2 Å².